The van der Waals surface area contributed by atoms with Crippen molar-refractivity contribution in [2.24, 2.45) is 5.16 Å². The Morgan fingerprint density at radius 2 is 1.46 bits per heavy atom. The van der Waals surface area contributed by atoms with Crippen molar-refractivity contribution in [3.8, 4) is 0 Å². The SMILES string of the molecule is O.O.O=C(O)C(=NO[C@H]1CCNC1=O)c1csc(NC(c2ccccc2)(c2ccccc2)c2ccccc2)n1. The normalized spacial score (nSPS) is 14.9. The Bertz CT molecular complexity index is 1320. The second-order valence-corrected chi connectivity index (χ2v) is 9.29. The number of amides is 1. The maximum absolute atomic E-state index is 12.0. The van der Waals surface area contributed by atoms with Gasteiger partial charge in [-0.3, -0.25) is 4.79 Å². The molecule has 11 heteroatoms. The van der Waals surface area contributed by atoms with Crippen LogP contribution in [0.4, 0.5) is 5.13 Å². The first-order valence-electron chi connectivity index (χ1n) is 11.7. The number of carbonyl (C=O) groups excluding carboxylic acids is 1. The molecular weight excluding hydrogens is 520 g/mol. The molecule has 5 rings (SSSR count). The van der Waals surface area contributed by atoms with Gasteiger partial charge in [0.25, 0.3) is 5.91 Å². The summed E-state index contributed by atoms with van der Waals surface area (Å²) in [4.78, 5) is 33.6. The van der Waals surface area contributed by atoms with Gasteiger partial charge in [0.15, 0.2) is 5.13 Å². The summed E-state index contributed by atoms with van der Waals surface area (Å²) in [5.74, 6) is -1.61. The second kappa shape index (κ2) is 12.8. The molecule has 0 radical (unpaired) electrons. The topological polar surface area (TPSA) is 176 Å². The van der Waals surface area contributed by atoms with Crippen LogP contribution >= 0.6 is 11.3 Å². The van der Waals surface area contributed by atoms with Crippen LogP contribution in [0.1, 0.15) is 28.8 Å². The fourth-order valence-corrected chi connectivity index (χ4v) is 5.12. The minimum atomic E-state index is -1.30. The first-order valence-corrected chi connectivity index (χ1v) is 12.6. The average Bonchev–Trinajstić information content (AvgIpc) is 3.57. The zero-order chi connectivity index (χ0) is 25.7. The molecule has 1 saturated heterocycles. The maximum Gasteiger partial charge on any atom is 0.360 e. The number of nitrogens with one attached hydrogen (secondary N) is 2. The lowest BCUT2D eigenvalue weighted by molar-refractivity contribution is -0.131. The van der Waals surface area contributed by atoms with Gasteiger partial charge in [0.1, 0.15) is 11.2 Å². The number of nitrogens with zero attached hydrogens (tertiary/aromatic N) is 2. The van der Waals surface area contributed by atoms with Gasteiger partial charge in [-0.1, -0.05) is 96.2 Å². The third kappa shape index (κ3) is 5.96. The zero-order valence-corrected chi connectivity index (χ0v) is 21.5. The van der Waals surface area contributed by atoms with Crippen LogP contribution in [-0.2, 0) is 20.0 Å². The molecule has 1 aliphatic heterocycles. The van der Waals surface area contributed by atoms with Gasteiger partial charge in [-0.25, -0.2) is 9.78 Å². The number of benzene rings is 3. The highest BCUT2D eigenvalue weighted by atomic mass is 32.1. The molecular formula is C28H28N4O6S. The minimum Gasteiger partial charge on any atom is -0.476 e. The molecule has 202 valence electrons. The number of rotatable bonds is 9. The highest BCUT2D eigenvalue weighted by molar-refractivity contribution is 7.14. The van der Waals surface area contributed by atoms with E-state index in [4.69, 9.17) is 4.84 Å². The number of aromatic nitrogens is 1. The first-order chi connectivity index (χ1) is 18.1. The summed E-state index contributed by atoms with van der Waals surface area (Å²) in [6, 6.07) is 30.1. The number of aliphatic carboxylic acids is 1. The Kier molecular flexibility index (Phi) is 9.50. The van der Waals surface area contributed by atoms with Gasteiger partial charge >= 0.3 is 5.97 Å². The van der Waals surface area contributed by atoms with E-state index in [1.54, 1.807) is 5.38 Å². The Balaban J connectivity index is 0.00000210. The van der Waals surface area contributed by atoms with Crippen LogP contribution in [0.5, 0.6) is 0 Å². The van der Waals surface area contributed by atoms with Gasteiger partial charge in [-0.05, 0) is 16.7 Å². The molecule has 0 saturated carbocycles. The van der Waals surface area contributed by atoms with Gasteiger partial charge in [0, 0.05) is 18.3 Å². The molecule has 10 nitrogen and oxygen atoms in total. The smallest absolute Gasteiger partial charge is 0.360 e. The fraction of sp³-hybridized carbons (Fsp3) is 0.143. The van der Waals surface area contributed by atoms with Crippen LogP contribution in [0.3, 0.4) is 0 Å². The van der Waals surface area contributed by atoms with Crippen molar-refractivity contribution < 1.29 is 30.5 Å². The number of carboxylic acids is 1. The molecule has 0 unspecified atom stereocenters. The molecule has 0 bridgehead atoms. The Hall–Kier alpha value is -4.58. The summed E-state index contributed by atoms with van der Waals surface area (Å²) in [7, 11) is 0. The van der Waals surface area contributed by atoms with Crippen LogP contribution in [-0.4, -0.2) is 51.3 Å². The van der Waals surface area contributed by atoms with Crippen molar-refractivity contribution in [1.29, 1.82) is 0 Å². The summed E-state index contributed by atoms with van der Waals surface area (Å²) in [5, 5.41) is 21.9. The van der Waals surface area contributed by atoms with E-state index in [2.05, 4.69) is 20.8 Å². The lowest BCUT2D eigenvalue weighted by Crippen LogP contribution is -2.38. The molecule has 2 heterocycles. The molecule has 1 aromatic heterocycles. The number of hydrogen-bond donors (Lipinski definition) is 3. The van der Waals surface area contributed by atoms with E-state index in [9.17, 15) is 14.7 Å². The van der Waals surface area contributed by atoms with E-state index in [1.165, 1.54) is 11.3 Å². The quantitative estimate of drug-likeness (QED) is 0.164. The molecule has 3 aromatic carbocycles. The lowest BCUT2D eigenvalue weighted by Gasteiger charge is -2.36. The molecule has 1 fully saturated rings. The molecule has 1 atom stereocenters. The summed E-state index contributed by atoms with van der Waals surface area (Å²) in [6.07, 6.45) is -0.389. The van der Waals surface area contributed by atoms with Crippen LogP contribution < -0.4 is 10.6 Å². The second-order valence-electron chi connectivity index (χ2n) is 8.43. The highest BCUT2D eigenvalue weighted by Gasteiger charge is 2.37. The summed E-state index contributed by atoms with van der Waals surface area (Å²) < 4.78 is 0. The van der Waals surface area contributed by atoms with E-state index < -0.39 is 17.6 Å². The summed E-state index contributed by atoms with van der Waals surface area (Å²) in [6.45, 7) is 0.465. The first kappa shape index (κ1) is 29.0. The molecule has 4 aromatic rings. The minimum absolute atomic E-state index is 0. The number of anilines is 1. The van der Waals surface area contributed by atoms with Crippen LogP contribution in [0.25, 0.3) is 0 Å². The Labute approximate surface area is 228 Å². The molecule has 1 aliphatic rings. The van der Waals surface area contributed by atoms with Crippen molar-refractivity contribution in [2.45, 2.75) is 18.1 Å². The van der Waals surface area contributed by atoms with E-state index in [0.717, 1.165) is 16.7 Å². The van der Waals surface area contributed by atoms with Crippen LogP contribution in [0.2, 0.25) is 0 Å². The van der Waals surface area contributed by atoms with Crippen molar-refractivity contribution in [1.82, 2.24) is 10.3 Å². The van der Waals surface area contributed by atoms with Crippen molar-refractivity contribution >= 4 is 34.1 Å². The molecule has 39 heavy (non-hydrogen) atoms. The Morgan fingerprint density at radius 1 is 0.949 bits per heavy atom. The van der Waals surface area contributed by atoms with Gasteiger partial charge in [-0.15, -0.1) is 11.3 Å². The molecule has 1 amide bonds. The molecule has 0 spiro atoms. The molecule has 0 aliphatic carbocycles. The van der Waals surface area contributed by atoms with Gasteiger partial charge < -0.3 is 31.5 Å². The van der Waals surface area contributed by atoms with Crippen molar-refractivity contribution in [3.63, 3.8) is 0 Å². The number of carboxylic acid groups (broad SMARTS) is 1. The predicted octanol–water partition coefficient (Wildman–Crippen LogP) is 2.59. The largest absolute Gasteiger partial charge is 0.476 e. The van der Waals surface area contributed by atoms with E-state index >= 15 is 0 Å². The average molecular weight is 549 g/mol. The number of carbonyl (C=O) groups is 2. The monoisotopic (exact) mass is 548 g/mol. The predicted molar refractivity (Wildman–Crippen MR) is 149 cm³/mol. The zero-order valence-electron chi connectivity index (χ0n) is 20.7. The van der Waals surface area contributed by atoms with Crippen molar-refractivity contribution in [3.05, 3.63) is 119 Å². The number of thiazole rings is 1. The lowest BCUT2D eigenvalue weighted by atomic mass is 9.77. The maximum atomic E-state index is 12.0. The number of oxime groups is 1. The van der Waals surface area contributed by atoms with Gasteiger partial charge in [-0.2, -0.15) is 0 Å². The van der Waals surface area contributed by atoms with Gasteiger partial charge in [0.2, 0.25) is 11.8 Å². The highest BCUT2D eigenvalue weighted by Crippen LogP contribution is 2.40. The third-order valence-corrected chi connectivity index (χ3v) is 6.89. The van der Waals surface area contributed by atoms with Crippen molar-refractivity contribution in [2.75, 3.05) is 11.9 Å². The summed E-state index contributed by atoms with van der Waals surface area (Å²) in [5.41, 5.74) is 1.94. The van der Waals surface area contributed by atoms with E-state index in [0.29, 0.717) is 18.1 Å². The van der Waals surface area contributed by atoms with Crippen LogP contribution in [0.15, 0.2) is 102 Å². The van der Waals surface area contributed by atoms with Crippen LogP contribution in [0, 0.1) is 0 Å². The Morgan fingerprint density at radius 3 is 1.90 bits per heavy atom. The molecule has 7 N–H and O–H groups in total. The van der Waals surface area contributed by atoms with E-state index in [1.807, 2.05) is 91.0 Å². The fourth-order valence-electron chi connectivity index (χ4n) is 4.36. The van der Waals surface area contributed by atoms with Gasteiger partial charge in [0.05, 0.1) is 0 Å². The summed E-state index contributed by atoms with van der Waals surface area (Å²) >= 11 is 1.26. The number of hydrogen-bond acceptors (Lipinski definition) is 7. The van der Waals surface area contributed by atoms with E-state index in [-0.39, 0.29) is 28.3 Å². The standard InChI is InChI=1S/C28H24N4O4S.2H2O/c33-25-23(16-17-29-25)36-32-24(26(34)35)22-18-37-27(30-22)31-28(19-10-4-1-5-11-19,20-12-6-2-7-13-20)21-14-8-3-9-15-21;;/h1-15,18,23H,16-17H2,(H,29,33)(H,30,31)(H,34,35);2*1H2/t23-;;/m0../s1. The third-order valence-electron chi connectivity index (χ3n) is 6.13.